The van der Waals surface area contributed by atoms with Crippen molar-refractivity contribution in [2.45, 2.75) is 44.2 Å². The van der Waals surface area contributed by atoms with Gasteiger partial charge in [0.1, 0.15) is 5.82 Å². The Morgan fingerprint density at radius 1 is 1.06 bits per heavy atom. The number of rotatable bonds is 3. The summed E-state index contributed by atoms with van der Waals surface area (Å²) in [5, 5.41) is 9.09. The lowest BCUT2D eigenvalue weighted by Crippen LogP contribution is -2.48. The Morgan fingerprint density at radius 2 is 1.89 bits per heavy atom. The van der Waals surface area contributed by atoms with E-state index in [1.807, 2.05) is 49.2 Å². The zero-order valence-corrected chi connectivity index (χ0v) is 20.0. The molecule has 35 heavy (non-hydrogen) atoms. The van der Waals surface area contributed by atoms with E-state index in [9.17, 15) is 9.18 Å². The molecule has 2 aliphatic rings. The monoisotopic (exact) mass is 469 g/mol. The first-order valence-electron chi connectivity index (χ1n) is 12.1. The molecule has 0 bridgehead atoms. The molecule has 4 heterocycles. The maximum Gasteiger partial charge on any atom is 0.318 e. The van der Waals surface area contributed by atoms with E-state index in [1.54, 1.807) is 6.07 Å². The van der Waals surface area contributed by atoms with Crippen LogP contribution in [0.1, 0.15) is 37.9 Å². The summed E-state index contributed by atoms with van der Waals surface area (Å²) in [6.45, 7) is 5.99. The summed E-state index contributed by atoms with van der Waals surface area (Å²) in [7, 11) is 0. The second kappa shape index (κ2) is 7.90. The van der Waals surface area contributed by atoms with Crippen molar-refractivity contribution in [1.82, 2.24) is 25.0 Å². The molecule has 1 saturated heterocycles. The van der Waals surface area contributed by atoms with Gasteiger partial charge in [0.15, 0.2) is 0 Å². The summed E-state index contributed by atoms with van der Waals surface area (Å²) in [5.41, 5.74) is 4.07. The summed E-state index contributed by atoms with van der Waals surface area (Å²) in [6, 6.07) is 18.7. The number of nitrogens with one attached hydrogen (secondary N) is 1. The molecule has 1 N–H and O–H groups in total. The van der Waals surface area contributed by atoms with E-state index in [0.717, 1.165) is 47.1 Å². The number of aromatic nitrogens is 3. The van der Waals surface area contributed by atoms with Gasteiger partial charge in [-0.05, 0) is 62.6 Å². The number of urea groups is 1. The Hall–Kier alpha value is -3.74. The molecule has 178 valence electrons. The van der Waals surface area contributed by atoms with Gasteiger partial charge in [-0.3, -0.25) is 9.67 Å². The molecule has 1 fully saturated rings. The Labute approximate surface area is 203 Å². The van der Waals surface area contributed by atoms with Crippen LogP contribution in [-0.4, -0.2) is 38.8 Å². The van der Waals surface area contributed by atoms with Crippen molar-refractivity contribution < 1.29 is 9.18 Å². The summed E-state index contributed by atoms with van der Waals surface area (Å²) < 4.78 is 15.8. The number of hydrogen-bond acceptors (Lipinski definition) is 3. The molecule has 4 aromatic rings. The normalized spacial score (nSPS) is 19.5. The van der Waals surface area contributed by atoms with Crippen LogP contribution in [0.4, 0.5) is 9.18 Å². The van der Waals surface area contributed by atoms with Crippen molar-refractivity contribution in [3.8, 4) is 11.3 Å². The molecule has 1 unspecified atom stereocenters. The first-order chi connectivity index (χ1) is 16.8. The van der Waals surface area contributed by atoms with E-state index in [4.69, 9.17) is 5.10 Å². The number of benzene rings is 2. The molecule has 2 aromatic carbocycles. The molecule has 7 heteroatoms. The number of amides is 2. The van der Waals surface area contributed by atoms with Crippen LogP contribution in [0, 0.1) is 5.82 Å². The van der Waals surface area contributed by atoms with Crippen LogP contribution in [-0.2, 0) is 17.5 Å². The number of carbonyl (C=O) groups excluding carboxylic acids is 1. The van der Waals surface area contributed by atoms with E-state index in [1.165, 1.54) is 17.8 Å². The van der Waals surface area contributed by atoms with Crippen molar-refractivity contribution in [2.75, 3.05) is 13.1 Å². The number of para-hydroxylation sites is 1. The van der Waals surface area contributed by atoms with Crippen LogP contribution in [0.2, 0.25) is 0 Å². The third-order valence-corrected chi connectivity index (χ3v) is 7.62. The van der Waals surface area contributed by atoms with Gasteiger partial charge in [-0.2, -0.15) is 5.10 Å². The third kappa shape index (κ3) is 3.75. The van der Waals surface area contributed by atoms with Gasteiger partial charge in [-0.25, -0.2) is 9.18 Å². The number of aryl methyl sites for hydroxylation is 1. The third-order valence-electron chi connectivity index (χ3n) is 7.62. The van der Waals surface area contributed by atoms with Gasteiger partial charge in [0.2, 0.25) is 0 Å². The van der Waals surface area contributed by atoms with Crippen LogP contribution >= 0.6 is 0 Å². The van der Waals surface area contributed by atoms with Gasteiger partial charge in [0, 0.05) is 47.9 Å². The largest absolute Gasteiger partial charge is 0.329 e. The topological polar surface area (TPSA) is 63.1 Å². The predicted molar refractivity (Wildman–Crippen MR) is 133 cm³/mol. The van der Waals surface area contributed by atoms with E-state index in [2.05, 4.69) is 33.2 Å². The molecular formula is C28H28FN5O. The molecule has 2 aliphatic heterocycles. The van der Waals surface area contributed by atoms with Crippen LogP contribution < -0.4 is 5.32 Å². The van der Waals surface area contributed by atoms with Gasteiger partial charge < -0.3 is 10.2 Å². The molecule has 0 aliphatic carbocycles. The Morgan fingerprint density at radius 3 is 2.74 bits per heavy atom. The molecule has 0 saturated carbocycles. The van der Waals surface area contributed by atoms with Crippen LogP contribution in [0.3, 0.4) is 0 Å². The minimum absolute atomic E-state index is 0.0874. The summed E-state index contributed by atoms with van der Waals surface area (Å²) in [5.74, 6) is -0.304. The quantitative estimate of drug-likeness (QED) is 0.447. The number of carbonyl (C=O) groups is 1. The Kier molecular flexibility index (Phi) is 4.91. The molecule has 1 atom stereocenters. The fourth-order valence-corrected chi connectivity index (χ4v) is 5.57. The predicted octanol–water partition coefficient (Wildman–Crippen LogP) is 5.23. The van der Waals surface area contributed by atoms with Crippen LogP contribution in [0.15, 0.2) is 66.9 Å². The van der Waals surface area contributed by atoms with Crippen LogP contribution in [0.25, 0.3) is 22.2 Å². The average molecular weight is 470 g/mol. The maximum atomic E-state index is 13.7. The molecule has 1 spiro atoms. The zero-order valence-electron chi connectivity index (χ0n) is 20.0. The highest BCUT2D eigenvalue weighted by atomic mass is 19.1. The standard InChI is InChI=1S/C28H28FN5O/c1-27(2,21-7-5-8-22(29)15-21)31-26(35)33-12-10-28(18-33)11-13-34-25(28)16-24(32-34)20-14-19-6-3-4-9-23(19)30-17-20/h3-9,14-17H,10-13,18H2,1-2H3,(H,31,35). The highest BCUT2D eigenvalue weighted by Gasteiger charge is 2.47. The van der Waals surface area contributed by atoms with Gasteiger partial charge in [-0.15, -0.1) is 0 Å². The second-order valence-electron chi connectivity index (χ2n) is 10.3. The van der Waals surface area contributed by atoms with Gasteiger partial charge in [0.05, 0.1) is 16.7 Å². The van der Waals surface area contributed by atoms with Gasteiger partial charge in [-0.1, -0.05) is 30.3 Å². The summed E-state index contributed by atoms with van der Waals surface area (Å²) in [6.07, 6.45) is 3.76. The minimum atomic E-state index is -0.678. The van der Waals surface area contributed by atoms with Crippen molar-refractivity contribution in [1.29, 1.82) is 0 Å². The molecule has 2 aromatic heterocycles. The number of fused-ring (bicyclic) bond motifs is 3. The summed E-state index contributed by atoms with van der Waals surface area (Å²) >= 11 is 0. The van der Waals surface area contributed by atoms with Crippen LogP contribution in [0.5, 0.6) is 0 Å². The fraction of sp³-hybridized carbons (Fsp3) is 0.321. The number of hydrogen-bond donors (Lipinski definition) is 1. The number of nitrogens with zero attached hydrogens (tertiary/aromatic N) is 4. The number of halogens is 1. The Bertz CT molecular complexity index is 1440. The molecular weight excluding hydrogens is 441 g/mol. The molecule has 2 amide bonds. The Balaban J connectivity index is 1.21. The van der Waals surface area contributed by atoms with Crippen molar-refractivity contribution >= 4 is 16.9 Å². The lowest BCUT2D eigenvalue weighted by molar-refractivity contribution is 0.194. The van der Waals surface area contributed by atoms with Gasteiger partial charge in [0.25, 0.3) is 0 Å². The first kappa shape index (κ1) is 21.8. The van der Waals surface area contributed by atoms with Crippen molar-refractivity contribution in [3.63, 3.8) is 0 Å². The highest BCUT2D eigenvalue weighted by molar-refractivity contribution is 5.83. The summed E-state index contributed by atoms with van der Waals surface area (Å²) in [4.78, 5) is 19.7. The van der Waals surface area contributed by atoms with E-state index in [-0.39, 0.29) is 17.3 Å². The first-order valence-corrected chi connectivity index (χ1v) is 12.1. The smallest absolute Gasteiger partial charge is 0.318 e. The second-order valence-corrected chi connectivity index (χ2v) is 10.3. The zero-order chi connectivity index (χ0) is 24.2. The molecule has 6 rings (SSSR count). The maximum absolute atomic E-state index is 13.7. The minimum Gasteiger partial charge on any atom is -0.329 e. The van der Waals surface area contributed by atoms with E-state index >= 15 is 0 Å². The average Bonchev–Trinajstić information content (AvgIpc) is 3.55. The van der Waals surface area contributed by atoms with E-state index < -0.39 is 5.54 Å². The van der Waals surface area contributed by atoms with E-state index in [0.29, 0.717) is 13.1 Å². The number of likely N-dealkylation sites (tertiary alicyclic amines) is 1. The lowest BCUT2D eigenvalue weighted by atomic mass is 9.82. The molecule has 6 nitrogen and oxygen atoms in total. The van der Waals surface area contributed by atoms with Gasteiger partial charge >= 0.3 is 6.03 Å². The van der Waals surface area contributed by atoms with Crippen molar-refractivity contribution in [2.24, 2.45) is 0 Å². The number of pyridine rings is 1. The molecule has 0 radical (unpaired) electrons. The fourth-order valence-electron chi connectivity index (χ4n) is 5.57. The SMILES string of the molecule is CC(C)(NC(=O)N1CCC2(CCn3nc(-c4cnc5ccccc5c4)cc32)C1)c1cccc(F)c1. The lowest BCUT2D eigenvalue weighted by Gasteiger charge is -2.30. The van der Waals surface area contributed by atoms with Crippen molar-refractivity contribution in [3.05, 3.63) is 83.9 Å². The highest BCUT2D eigenvalue weighted by Crippen LogP contribution is 2.44.